The Kier molecular flexibility index (Phi) is 4.61. The third-order valence-corrected chi connectivity index (χ3v) is 3.81. The van der Waals surface area contributed by atoms with Gasteiger partial charge in [-0.3, -0.25) is 9.59 Å². The van der Waals surface area contributed by atoms with E-state index >= 15 is 0 Å². The van der Waals surface area contributed by atoms with Gasteiger partial charge in [-0.05, 0) is 44.2 Å². The summed E-state index contributed by atoms with van der Waals surface area (Å²) in [5, 5.41) is 2.86. The summed E-state index contributed by atoms with van der Waals surface area (Å²) in [5.41, 5.74) is 1.61. The minimum Gasteiger partial charge on any atom is -0.489 e. The molecular weight excluding hydrogens is 320 g/mol. The number of likely N-dealkylation sites (N-methyl/N-ethyl adjacent to an activating group) is 1. The average Bonchev–Trinajstić information content (AvgIpc) is 2.59. The summed E-state index contributed by atoms with van der Waals surface area (Å²) in [6.07, 6.45) is -0.00129. The van der Waals surface area contributed by atoms with Crippen LogP contribution in [0.15, 0.2) is 42.5 Å². The van der Waals surface area contributed by atoms with E-state index in [2.05, 4.69) is 5.32 Å². The number of benzene rings is 2. The number of fused-ring (bicyclic) bond motifs is 1. The first kappa shape index (κ1) is 16.8. The van der Waals surface area contributed by atoms with Gasteiger partial charge in [-0.15, -0.1) is 0 Å². The van der Waals surface area contributed by atoms with Gasteiger partial charge in [-0.25, -0.2) is 0 Å². The van der Waals surface area contributed by atoms with Gasteiger partial charge in [0.1, 0.15) is 11.5 Å². The fraction of sp³-hybridized carbons (Fsp3) is 0.263. The number of anilines is 2. The van der Waals surface area contributed by atoms with E-state index in [0.717, 1.165) is 0 Å². The van der Waals surface area contributed by atoms with E-state index < -0.39 is 0 Å². The van der Waals surface area contributed by atoms with Crippen molar-refractivity contribution in [1.29, 1.82) is 0 Å². The fourth-order valence-electron chi connectivity index (χ4n) is 2.53. The SMILES string of the molecule is CC(C)Oc1ccccc1NC(=O)c1ccc2c(c1)N(C)C(=O)CO2. The van der Waals surface area contributed by atoms with Crippen molar-refractivity contribution >= 4 is 23.2 Å². The molecule has 2 aromatic carbocycles. The van der Waals surface area contributed by atoms with Crippen LogP contribution in [0.2, 0.25) is 0 Å². The second-order valence-electron chi connectivity index (χ2n) is 6.04. The third kappa shape index (κ3) is 3.57. The first-order chi connectivity index (χ1) is 12.0. The van der Waals surface area contributed by atoms with Crippen molar-refractivity contribution in [1.82, 2.24) is 0 Å². The van der Waals surface area contributed by atoms with Crippen LogP contribution < -0.4 is 19.7 Å². The van der Waals surface area contributed by atoms with Gasteiger partial charge < -0.3 is 19.7 Å². The van der Waals surface area contributed by atoms with E-state index in [1.807, 2.05) is 32.0 Å². The highest BCUT2D eigenvalue weighted by Gasteiger charge is 2.23. The number of para-hydroxylation sites is 2. The van der Waals surface area contributed by atoms with Gasteiger partial charge in [0.2, 0.25) is 0 Å². The molecule has 0 saturated heterocycles. The summed E-state index contributed by atoms with van der Waals surface area (Å²) >= 11 is 0. The Morgan fingerprint density at radius 1 is 1.24 bits per heavy atom. The Bertz CT molecular complexity index is 817. The Balaban J connectivity index is 1.84. The Morgan fingerprint density at radius 3 is 2.76 bits per heavy atom. The van der Waals surface area contributed by atoms with Crippen LogP contribution in [0.1, 0.15) is 24.2 Å². The minimum absolute atomic E-state index is 0.00129. The number of ether oxygens (including phenoxy) is 2. The molecule has 1 N–H and O–H groups in total. The highest BCUT2D eigenvalue weighted by atomic mass is 16.5. The molecule has 6 heteroatoms. The largest absolute Gasteiger partial charge is 0.489 e. The van der Waals surface area contributed by atoms with Crippen LogP contribution in [-0.4, -0.2) is 31.6 Å². The lowest BCUT2D eigenvalue weighted by Gasteiger charge is -2.26. The molecule has 0 unspecified atom stereocenters. The Morgan fingerprint density at radius 2 is 2.00 bits per heavy atom. The zero-order valence-corrected chi connectivity index (χ0v) is 14.4. The van der Waals surface area contributed by atoms with E-state index in [0.29, 0.717) is 28.4 Å². The van der Waals surface area contributed by atoms with Crippen molar-refractivity contribution in [3.05, 3.63) is 48.0 Å². The number of hydrogen-bond acceptors (Lipinski definition) is 4. The van der Waals surface area contributed by atoms with Crippen molar-refractivity contribution in [2.24, 2.45) is 0 Å². The predicted molar refractivity (Wildman–Crippen MR) is 95.5 cm³/mol. The summed E-state index contributed by atoms with van der Waals surface area (Å²) in [4.78, 5) is 25.9. The smallest absolute Gasteiger partial charge is 0.264 e. The van der Waals surface area contributed by atoms with Crippen LogP contribution in [0.25, 0.3) is 0 Å². The molecule has 1 aliphatic heterocycles. The zero-order valence-electron chi connectivity index (χ0n) is 14.4. The molecule has 0 saturated carbocycles. The lowest BCUT2D eigenvalue weighted by Crippen LogP contribution is -2.35. The van der Waals surface area contributed by atoms with E-state index in [-0.39, 0.29) is 24.5 Å². The monoisotopic (exact) mass is 340 g/mol. The maximum absolute atomic E-state index is 12.6. The minimum atomic E-state index is -0.283. The van der Waals surface area contributed by atoms with E-state index in [1.54, 1.807) is 31.3 Å². The van der Waals surface area contributed by atoms with Crippen molar-refractivity contribution in [3.63, 3.8) is 0 Å². The highest BCUT2D eigenvalue weighted by molar-refractivity contribution is 6.07. The molecule has 3 rings (SSSR count). The molecule has 1 heterocycles. The fourth-order valence-corrected chi connectivity index (χ4v) is 2.53. The topological polar surface area (TPSA) is 67.9 Å². The third-order valence-electron chi connectivity index (χ3n) is 3.81. The number of carbonyl (C=O) groups excluding carboxylic acids is 2. The van der Waals surface area contributed by atoms with Crippen molar-refractivity contribution in [2.75, 3.05) is 23.9 Å². The lowest BCUT2D eigenvalue weighted by atomic mass is 10.1. The number of amides is 2. The molecule has 2 aromatic rings. The van der Waals surface area contributed by atoms with Crippen molar-refractivity contribution < 1.29 is 19.1 Å². The van der Waals surface area contributed by atoms with Gasteiger partial charge in [0.25, 0.3) is 11.8 Å². The summed E-state index contributed by atoms with van der Waals surface area (Å²) in [6, 6.07) is 12.3. The number of hydrogen-bond donors (Lipinski definition) is 1. The summed E-state index contributed by atoms with van der Waals surface area (Å²) in [7, 11) is 1.66. The second kappa shape index (κ2) is 6.84. The van der Waals surface area contributed by atoms with Gasteiger partial charge in [0, 0.05) is 12.6 Å². The molecule has 0 aliphatic carbocycles. The Hall–Kier alpha value is -3.02. The first-order valence-electron chi connectivity index (χ1n) is 8.06. The second-order valence-corrected chi connectivity index (χ2v) is 6.04. The molecule has 25 heavy (non-hydrogen) atoms. The molecule has 6 nitrogen and oxygen atoms in total. The average molecular weight is 340 g/mol. The maximum Gasteiger partial charge on any atom is 0.264 e. The summed E-state index contributed by atoms with van der Waals surface area (Å²) < 4.78 is 11.1. The molecular formula is C19H20N2O4. The summed E-state index contributed by atoms with van der Waals surface area (Å²) in [6.45, 7) is 3.86. The molecule has 0 aromatic heterocycles. The Labute approximate surface area is 146 Å². The van der Waals surface area contributed by atoms with Crippen LogP contribution in [0.5, 0.6) is 11.5 Å². The quantitative estimate of drug-likeness (QED) is 0.929. The molecule has 0 atom stereocenters. The van der Waals surface area contributed by atoms with Crippen molar-refractivity contribution in [2.45, 2.75) is 20.0 Å². The molecule has 130 valence electrons. The van der Waals surface area contributed by atoms with Crippen LogP contribution >= 0.6 is 0 Å². The lowest BCUT2D eigenvalue weighted by molar-refractivity contribution is -0.120. The molecule has 0 fully saturated rings. The van der Waals surface area contributed by atoms with E-state index in [4.69, 9.17) is 9.47 Å². The molecule has 1 aliphatic rings. The number of nitrogens with one attached hydrogen (secondary N) is 1. The van der Waals surface area contributed by atoms with E-state index in [9.17, 15) is 9.59 Å². The molecule has 0 bridgehead atoms. The van der Waals surface area contributed by atoms with Crippen molar-refractivity contribution in [3.8, 4) is 11.5 Å². The standard InChI is InChI=1S/C19H20N2O4/c1-12(2)25-16-7-5-4-6-14(16)20-19(23)13-8-9-17-15(10-13)21(3)18(22)11-24-17/h4-10,12H,11H2,1-3H3,(H,20,23). The highest BCUT2D eigenvalue weighted by Crippen LogP contribution is 2.32. The summed E-state index contributed by atoms with van der Waals surface area (Å²) in [5.74, 6) is 0.761. The van der Waals surface area contributed by atoms with Gasteiger partial charge in [-0.1, -0.05) is 12.1 Å². The van der Waals surface area contributed by atoms with Gasteiger partial charge >= 0.3 is 0 Å². The van der Waals surface area contributed by atoms with E-state index in [1.165, 1.54) is 4.90 Å². The maximum atomic E-state index is 12.6. The molecule has 0 radical (unpaired) electrons. The van der Waals surface area contributed by atoms with Crippen LogP contribution in [0.3, 0.4) is 0 Å². The van der Waals surface area contributed by atoms with Gasteiger partial charge in [0.05, 0.1) is 17.5 Å². The van der Waals surface area contributed by atoms with Crippen LogP contribution in [0.4, 0.5) is 11.4 Å². The number of rotatable bonds is 4. The normalized spacial score (nSPS) is 13.3. The number of nitrogens with zero attached hydrogens (tertiary/aromatic N) is 1. The predicted octanol–water partition coefficient (Wildman–Crippen LogP) is 3.08. The molecule has 0 spiro atoms. The van der Waals surface area contributed by atoms with Gasteiger partial charge in [-0.2, -0.15) is 0 Å². The molecule has 2 amide bonds. The van der Waals surface area contributed by atoms with Crippen LogP contribution in [-0.2, 0) is 4.79 Å². The van der Waals surface area contributed by atoms with Gasteiger partial charge in [0.15, 0.2) is 6.61 Å². The zero-order chi connectivity index (χ0) is 18.0. The number of carbonyl (C=O) groups is 2. The first-order valence-corrected chi connectivity index (χ1v) is 8.06. The van der Waals surface area contributed by atoms with Crippen LogP contribution in [0, 0.1) is 0 Å².